The van der Waals surface area contributed by atoms with Gasteiger partial charge in [0.05, 0.1) is 29.8 Å². The van der Waals surface area contributed by atoms with Crippen LogP contribution in [0.4, 0.5) is 10.2 Å². The van der Waals surface area contributed by atoms with Crippen LogP contribution in [0.1, 0.15) is 60.9 Å². The Morgan fingerprint density at radius 1 is 1.19 bits per heavy atom. The molecule has 0 bridgehead atoms. The summed E-state index contributed by atoms with van der Waals surface area (Å²) in [6, 6.07) is 8.19. The van der Waals surface area contributed by atoms with Gasteiger partial charge in [-0.05, 0) is 68.8 Å². The molecule has 2 aliphatic carbocycles. The molecule has 224 valence electrons. The zero-order valence-electron chi connectivity index (χ0n) is 24.3. The molecule has 0 N–H and O–H groups in total. The number of aromatic nitrogens is 2. The predicted octanol–water partition coefficient (Wildman–Crippen LogP) is 5.00. The van der Waals surface area contributed by atoms with Gasteiger partial charge in [0.25, 0.3) is 5.91 Å². The van der Waals surface area contributed by atoms with Crippen LogP contribution in [0, 0.1) is 11.3 Å². The minimum atomic E-state index is -1.01. The highest BCUT2D eigenvalue weighted by atomic mass is 35.5. The number of carbonyl (C=O) groups excluding carboxylic acids is 1. The first-order chi connectivity index (χ1) is 20.8. The van der Waals surface area contributed by atoms with Crippen LogP contribution in [0.5, 0.6) is 6.01 Å². The molecule has 7 rings (SSSR count). The number of carbonyl (C=O) groups is 1. The Labute approximate surface area is 256 Å². The molecule has 0 unspecified atom stereocenters. The van der Waals surface area contributed by atoms with Gasteiger partial charge in [0.1, 0.15) is 12.4 Å². The van der Waals surface area contributed by atoms with E-state index in [9.17, 15) is 14.4 Å². The minimum absolute atomic E-state index is 0.0587. The van der Waals surface area contributed by atoms with Gasteiger partial charge < -0.3 is 14.5 Å². The Balaban J connectivity index is 1.23. The van der Waals surface area contributed by atoms with Crippen molar-refractivity contribution < 1.29 is 13.9 Å². The topological polar surface area (TPSA) is 85.6 Å². The van der Waals surface area contributed by atoms with Crippen LogP contribution >= 0.6 is 11.6 Å². The second kappa shape index (κ2) is 10.9. The van der Waals surface area contributed by atoms with Crippen LogP contribution in [0.2, 0.25) is 5.02 Å². The fraction of sp³-hybridized carbons (Fsp3) is 0.515. The van der Waals surface area contributed by atoms with Gasteiger partial charge in [-0.2, -0.15) is 15.2 Å². The summed E-state index contributed by atoms with van der Waals surface area (Å²) in [7, 11) is 0. The molecule has 1 spiro atoms. The van der Waals surface area contributed by atoms with Gasteiger partial charge in [0.2, 0.25) is 0 Å². The molecule has 2 atom stereocenters. The SMILES string of the molecule is C=C(F)C(=O)N1CCN(c2nc(OCC34CCCN3CCC4)nc3c2CC[C@@]2(C=Cc4c(Cl)cccc42)C3)C[C@@H]1CC#N. The van der Waals surface area contributed by atoms with Crippen molar-refractivity contribution in [3.05, 3.63) is 64.1 Å². The maximum absolute atomic E-state index is 13.8. The number of amides is 1. The highest BCUT2D eigenvalue weighted by Gasteiger charge is 2.46. The first-order valence-electron chi connectivity index (χ1n) is 15.4. The van der Waals surface area contributed by atoms with Gasteiger partial charge in [0, 0.05) is 42.1 Å². The van der Waals surface area contributed by atoms with E-state index in [1.54, 1.807) is 0 Å². The predicted molar refractivity (Wildman–Crippen MR) is 163 cm³/mol. The van der Waals surface area contributed by atoms with Crippen molar-refractivity contribution in [2.45, 2.75) is 68.4 Å². The van der Waals surface area contributed by atoms with Crippen LogP contribution in [0.3, 0.4) is 0 Å². The summed E-state index contributed by atoms with van der Waals surface area (Å²) in [6.45, 7) is 7.10. The van der Waals surface area contributed by atoms with E-state index in [0.29, 0.717) is 32.1 Å². The van der Waals surface area contributed by atoms with Crippen LogP contribution in [0.25, 0.3) is 6.08 Å². The molecule has 2 aromatic rings. The monoisotopic (exact) mass is 602 g/mol. The average molecular weight is 603 g/mol. The van der Waals surface area contributed by atoms with Crippen molar-refractivity contribution in [3.63, 3.8) is 0 Å². The fourth-order valence-corrected chi connectivity index (χ4v) is 8.45. The van der Waals surface area contributed by atoms with Crippen molar-refractivity contribution in [2.75, 3.05) is 44.2 Å². The number of allylic oxidation sites excluding steroid dienone is 1. The van der Waals surface area contributed by atoms with E-state index < -0.39 is 17.8 Å². The van der Waals surface area contributed by atoms with Gasteiger partial charge in [0.15, 0.2) is 5.83 Å². The van der Waals surface area contributed by atoms with Crippen molar-refractivity contribution in [3.8, 4) is 12.1 Å². The van der Waals surface area contributed by atoms with Crippen LogP contribution < -0.4 is 9.64 Å². The minimum Gasteiger partial charge on any atom is -0.461 e. The molecule has 1 amide bonds. The normalized spacial score (nSPS) is 25.4. The van der Waals surface area contributed by atoms with Crippen LogP contribution in [-0.2, 0) is 23.1 Å². The number of nitrogens with zero attached hydrogens (tertiary/aromatic N) is 6. The number of anilines is 1. The third-order valence-corrected chi connectivity index (χ3v) is 10.7. The Bertz CT molecular complexity index is 1540. The second-order valence-electron chi connectivity index (χ2n) is 12.7. The number of benzene rings is 1. The number of nitriles is 1. The van der Waals surface area contributed by atoms with Crippen molar-refractivity contribution >= 4 is 29.4 Å². The van der Waals surface area contributed by atoms with Crippen LogP contribution in [0.15, 0.2) is 36.7 Å². The van der Waals surface area contributed by atoms with Gasteiger partial charge >= 0.3 is 6.01 Å². The largest absolute Gasteiger partial charge is 0.461 e. The molecule has 1 aromatic heterocycles. The number of hydrogen-bond donors (Lipinski definition) is 0. The van der Waals surface area contributed by atoms with E-state index in [2.05, 4.69) is 40.7 Å². The lowest BCUT2D eigenvalue weighted by molar-refractivity contribution is -0.131. The molecule has 10 heteroatoms. The second-order valence-corrected chi connectivity index (χ2v) is 13.1. The number of halogens is 2. The Morgan fingerprint density at radius 3 is 2.77 bits per heavy atom. The van der Waals surface area contributed by atoms with E-state index in [-0.39, 0.29) is 23.9 Å². The van der Waals surface area contributed by atoms with E-state index >= 15 is 0 Å². The molecular formula is C33H36ClFN6O2. The zero-order chi connectivity index (χ0) is 29.8. The molecule has 8 nitrogen and oxygen atoms in total. The Morgan fingerprint density at radius 2 is 2.00 bits per heavy atom. The smallest absolute Gasteiger partial charge is 0.318 e. The first-order valence-corrected chi connectivity index (χ1v) is 15.7. The van der Waals surface area contributed by atoms with Crippen molar-refractivity contribution in [2.24, 2.45) is 0 Å². The molecule has 3 fully saturated rings. The number of rotatable bonds is 6. The number of hydrogen-bond acceptors (Lipinski definition) is 7. The summed E-state index contributed by atoms with van der Waals surface area (Å²) in [4.78, 5) is 28.7. The van der Waals surface area contributed by atoms with Gasteiger partial charge in [-0.3, -0.25) is 9.69 Å². The summed E-state index contributed by atoms with van der Waals surface area (Å²) in [6.07, 6.45) is 11.5. The maximum Gasteiger partial charge on any atom is 0.318 e. The Kier molecular flexibility index (Phi) is 7.18. The molecular weight excluding hydrogens is 567 g/mol. The van der Waals surface area contributed by atoms with E-state index in [1.165, 1.54) is 23.3 Å². The van der Waals surface area contributed by atoms with E-state index in [0.717, 1.165) is 66.4 Å². The number of fused-ring (bicyclic) bond motifs is 4. The van der Waals surface area contributed by atoms with Gasteiger partial charge in [-0.15, -0.1) is 0 Å². The molecule has 5 aliphatic rings. The quantitative estimate of drug-likeness (QED) is 0.430. The highest BCUT2D eigenvalue weighted by Crippen LogP contribution is 2.48. The molecule has 3 saturated heterocycles. The summed E-state index contributed by atoms with van der Waals surface area (Å²) >= 11 is 6.58. The van der Waals surface area contributed by atoms with Gasteiger partial charge in [-0.25, -0.2) is 4.39 Å². The highest BCUT2D eigenvalue weighted by molar-refractivity contribution is 6.32. The molecule has 0 radical (unpaired) electrons. The van der Waals surface area contributed by atoms with Gasteiger partial charge in [-0.1, -0.05) is 42.5 Å². The van der Waals surface area contributed by atoms with Crippen molar-refractivity contribution in [1.29, 1.82) is 5.26 Å². The Hall–Kier alpha value is -3.48. The summed E-state index contributed by atoms with van der Waals surface area (Å²) in [5, 5.41) is 10.3. The number of piperazine rings is 1. The molecule has 4 heterocycles. The fourth-order valence-electron chi connectivity index (χ4n) is 8.21. The lowest BCUT2D eigenvalue weighted by Gasteiger charge is -2.42. The lowest BCUT2D eigenvalue weighted by atomic mass is 9.70. The van der Waals surface area contributed by atoms with E-state index in [1.807, 2.05) is 12.1 Å². The summed E-state index contributed by atoms with van der Waals surface area (Å²) in [5.74, 6) is -0.962. The lowest BCUT2D eigenvalue weighted by Crippen LogP contribution is -2.55. The molecule has 1 aromatic carbocycles. The average Bonchev–Trinajstić information content (AvgIpc) is 3.69. The standard InChI is InChI=1S/C33H36ClFN6O2/c1-22(35)30(42)41-18-17-39(20-23(41)9-14-36)29-25-8-13-32(12-7-24-26(32)5-2-6-27(24)34)19-28(25)37-31(38-29)43-21-33-10-3-15-40(33)16-4-11-33/h2,5-7,12,23H,1,3-4,8-11,13,15-21H2/t23-,32-/m0/s1. The molecule has 43 heavy (non-hydrogen) atoms. The van der Waals surface area contributed by atoms with Crippen LogP contribution in [-0.4, -0.2) is 76.6 Å². The third kappa shape index (κ3) is 4.79. The maximum atomic E-state index is 13.8. The summed E-state index contributed by atoms with van der Waals surface area (Å²) in [5.41, 5.74) is 4.21. The van der Waals surface area contributed by atoms with Crippen molar-refractivity contribution in [1.82, 2.24) is 19.8 Å². The third-order valence-electron chi connectivity index (χ3n) is 10.4. The molecule has 3 aliphatic heterocycles. The summed E-state index contributed by atoms with van der Waals surface area (Å²) < 4.78 is 20.3. The van der Waals surface area contributed by atoms with E-state index in [4.69, 9.17) is 26.3 Å². The number of ether oxygens (including phenoxy) is 1. The first kappa shape index (κ1) is 28.3. The molecule has 0 saturated carbocycles. The zero-order valence-corrected chi connectivity index (χ0v) is 25.1.